The number of rotatable bonds is 2. The number of carbonyl (C=O) groups excluding carboxylic acids is 1. The highest BCUT2D eigenvalue weighted by Gasteiger charge is 2.18. The standard InChI is InChI=1S/C12H18N2O3S/c1-8-7-9(18(13,16)17)5-6-10(8)11(15)14-12(2,3)4/h5-7H,1-4H3,(H,14,15)(H2,13,16,17). The van der Waals surface area contributed by atoms with Crippen molar-refractivity contribution in [3.05, 3.63) is 29.3 Å². The summed E-state index contributed by atoms with van der Waals surface area (Å²) in [7, 11) is -3.73. The van der Waals surface area contributed by atoms with Gasteiger partial charge in [0.2, 0.25) is 10.0 Å². The summed E-state index contributed by atoms with van der Waals surface area (Å²) in [4.78, 5) is 12.0. The van der Waals surface area contributed by atoms with E-state index in [0.29, 0.717) is 11.1 Å². The van der Waals surface area contributed by atoms with Gasteiger partial charge in [-0.1, -0.05) is 0 Å². The van der Waals surface area contributed by atoms with Gasteiger partial charge in [-0.25, -0.2) is 13.6 Å². The fourth-order valence-corrected chi connectivity index (χ4v) is 2.07. The molecule has 1 amide bonds. The maximum absolute atomic E-state index is 12.0. The molecule has 5 nitrogen and oxygen atoms in total. The Balaban J connectivity index is 3.11. The van der Waals surface area contributed by atoms with E-state index in [0.717, 1.165) is 0 Å². The lowest BCUT2D eigenvalue weighted by Crippen LogP contribution is -2.40. The summed E-state index contributed by atoms with van der Waals surface area (Å²) in [5, 5.41) is 7.84. The van der Waals surface area contributed by atoms with E-state index in [1.807, 2.05) is 20.8 Å². The molecule has 1 aromatic rings. The molecule has 0 bridgehead atoms. The summed E-state index contributed by atoms with van der Waals surface area (Å²) in [6.45, 7) is 7.29. The highest BCUT2D eigenvalue weighted by molar-refractivity contribution is 7.89. The van der Waals surface area contributed by atoms with Crippen LogP contribution in [0.1, 0.15) is 36.7 Å². The van der Waals surface area contributed by atoms with Gasteiger partial charge in [0.1, 0.15) is 0 Å². The van der Waals surface area contributed by atoms with Gasteiger partial charge in [-0.05, 0) is 51.5 Å². The molecule has 0 radical (unpaired) electrons. The second kappa shape index (κ2) is 4.70. The Morgan fingerprint density at radius 2 is 1.83 bits per heavy atom. The summed E-state index contributed by atoms with van der Waals surface area (Å²) in [5.41, 5.74) is 0.669. The lowest BCUT2D eigenvalue weighted by molar-refractivity contribution is 0.0919. The Labute approximate surface area is 107 Å². The summed E-state index contributed by atoms with van der Waals surface area (Å²) in [6, 6.07) is 4.20. The van der Waals surface area contributed by atoms with Crippen LogP contribution in [0.5, 0.6) is 0 Å². The van der Waals surface area contributed by atoms with Crippen molar-refractivity contribution in [2.75, 3.05) is 0 Å². The topological polar surface area (TPSA) is 89.3 Å². The predicted molar refractivity (Wildman–Crippen MR) is 69.8 cm³/mol. The highest BCUT2D eigenvalue weighted by atomic mass is 32.2. The summed E-state index contributed by atoms with van der Waals surface area (Å²) in [6.07, 6.45) is 0. The SMILES string of the molecule is Cc1cc(S(N)(=O)=O)ccc1C(=O)NC(C)(C)C. The van der Waals surface area contributed by atoms with Gasteiger partial charge < -0.3 is 5.32 Å². The predicted octanol–water partition coefficient (Wildman–Crippen LogP) is 1.17. The fraction of sp³-hybridized carbons (Fsp3) is 0.417. The first kappa shape index (κ1) is 14.7. The molecule has 3 N–H and O–H groups in total. The molecule has 6 heteroatoms. The van der Waals surface area contributed by atoms with Gasteiger partial charge in [0.15, 0.2) is 0 Å². The maximum Gasteiger partial charge on any atom is 0.251 e. The van der Waals surface area contributed by atoms with Crippen LogP contribution in [0.15, 0.2) is 23.1 Å². The molecule has 1 rings (SSSR count). The molecule has 0 fully saturated rings. The van der Waals surface area contributed by atoms with Crippen molar-refractivity contribution in [3.63, 3.8) is 0 Å². The summed E-state index contributed by atoms with van der Waals surface area (Å²) in [5.74, 6) is -0.235. The molecule has 0 saturated carbocycles. The van der Waals surface area contributed by atoms with Gasteiger partial charge in [0, 0.05) is 11.1 Å². The van der Waals surface area contributed by atoms with Gasteiger partial charge in [0.05, 0.1) is 4.90 Å². The second-order valence-electron chi connectivity index (χ2n) is 5.23. The third-order valence-corrected chi connectivity index (χ3v) is 3.17. The van der Waals surface area contributed by atoms with Crippen LogP contribution in [0, 0.1) is 6.92 Å². The van der Waals surface area contributed by atoms with Gasteiger partial charge in [-0.3, -0.25) is 4.79 Å². The molecular weight excluding hydrogens is 252 g/mol. The normalized spacial score (nSPS) is 12.3. The largest absolute Gasteiger partial charge is 0.347 e. The average Bonchev–Trinajstić information content (AvgIpc) is 2.12. The van der Waals surface area contributed by atoms with Crippen molar-refractivity contribution >= 4 is 15.9 Å². The van der Waals surface area contributed by atoms with E-state index in [1.54, 1.807) is 6.92 Å². The number of hydrogen-bond donors (Lipinski definition) is 2. The molecule has 1 aromatic carbocycles. The van der Waals surface area contributed by atoms with E-state index >= 15 is 0 Å². The minimum absolute atomic E-state index is 0.00677. The molecule has 0 aliphatic carbocycles. The average molecular weight is 270 g/mol. The van der Waals surface area contributed by atoms with E-state index in [4.69, 9.17) is 5.14 Å². The van der Waals surface area contributed by atoms with Crippen LogP contribution in [0.4, 0.5) is 0 Å². The summed E-state index contributed by atoms with van der Waals surface area (Å²) < 4.78 is 22.3. The number of nitrogens with two attached hydrogens (primary N) is 1. The smallest absolute Gasteiger partial charge is 0.251 e. The van der Waals surface area contributed by atoms with Crippen molar-refractivity contribution in [2.24, 2.45) is 5.14 Å². The van der Waals surface area contributed by atoms with Crippen LogP contribution in [0.3, 0.4) is 0 Å². The van der Waals surface area contributed by atoms with E-state index in [1.165, 1.54) is 18.2 Å². The van der Waals surface area contributed by atoms with Gasteiger partial charge >= 0.3 is 0 Å². The number of primary sulfonamides is 1. The molecule has 0 aliphatic rings. The first-order valence-corrected chi connectivity index (χ1v) is 7.01. The Morgan fingerprint density at radius 3 is 2.22 bits per heavy atom. The first-order valence-electron chi connectivity index (χ1n) is 5.47. The highest BCUT2D eigenvalue weighted by Crippen LogP contribution is 2.15. The molecule has 0 heterocycles. The van der Waals surface area contributed by atoms with Gasteiger partial charge in [0.25, 0.3) is 5.91 Å². The number of amides is 1. The number of hydrogen-bond acceptors (Lipinski definition) is 3. The zero-order valence-corrected chi connectivity index (χ0v) is 11.8. The fourth-order valence-electron chi connectivity index (χ4n) is 1.48. The molecule has 0 saturated heterocycles. The quantitative estimate of drug-likeness (QED) is 0.845. The monoisotopic (exact) mass is 270 g/mol. The molecular formula is C12H18N2O3S. The molecule has 18 heavy (non-hydrogen) atoms. The van der Waals surface area contributed by atoms with E-state index < -0.39 is 10.0 Å². The van der Waals surface area contributed by atoms with Crippen molar-refractivity contribution < 1.29 is 13.2 Å². The minimum atomic E-state index is -3.73. The molecule has 0 aliphatic heterocycles. The molecule has 100 valence electrons. The molecule has 0 spiro atoms. The van der Waals surface area contributed by atoms with Gasteiger partial charge in [-0.2, -0.15) is 0 Å². The third-order valence-electron chi connectivity index (χ3n) is 2.26. The summed E-state index contributed by atoms with van der Waals surface area (Å²) >= 11 is 0. The van der Waals surface area contributed by atoms with Crippen LogP contribution in [-0.4, -0.2) is 19.9 Å². The molecule has 0 unspecified atom stereocenters. The number of carbonyl (C=O) groups is 1. The second-order valence-corrected chi connectivity index (χ2v) is 6.79. The van der Waals surface area contributed by atoms with Crippen molar-refractivity contribution in [3.8, 4) is 0 Å². The number of benzene rings is 1. The van der Waals surface area contributed by atoms with Crippen molar-refractivity contribution in [1.29, 1.82) is 0 Å². The van der Waals surface area contributed by atoms with Crippen LogP contribution >= 0.6 is 0 Å². The van der Waals surface area contributed by atoms with Crippen LogP contribution in [-0.2, 0) is 10.0 Å². The van der Waals surface area contributed by atoms with Crippen LogP contribution < -0.4 is 10.5 Å². The van der Waals surface area contributed by atoms with Crippen molar-refractivity contribution in [1.82, 2.24) is 5.32 Å². The lowest BCUT2D eigenvalue weighted by atomic mass is 10.1. The maximum atomic E-state index is 12.0. The number of nitrogens with one attached hydrogen (secondary N) is 1. The minimum Gasteiger partial charge on any atom is -0.347 e. The van der Waals surface area contributed by atoms with Crippen LogP contribution in [0.2, 0.25) is 0 Å². The Bertz CT molecular complexity index is 571. The number of sulfonamides is 1. The van der Waals surface area contributed by atoms with E-state index in [2.05, 4.69) is 5.32 Å². The van der Waals surface area contributed by atoms with E-state index in [-0.39, 0.29) is 16.3 Å². The molecule has 0 aromatic heterocycles. The Kier molecular flexibility index (Phi) is 3.83. The van der Waals surface area contributed by atoms with Crippen molar-refractivity contribution in [2.45, 2.75) is 38.1 Å². The van der Waals surface area contributed by atoms with E-state index in [9.17, 15) is 13.2 Å². The number of aryl methyl sites for hydroxylation is 1. The molecule has 0 atom stereocenters. The van der Waals surface area contributed by atoms with Gasteiger partial charge in [-0.15, -0.1) is 0 Å². The third kappa shape index (κ3) is 3.82. The first-order chi connectivity index (χ1) is 8.00. The lowest BCUT2D eigenvalue weighted by Gasteiger charge is -2.21. The Morgan fingerprint density at radius 1 is 1.28 bits per heavy atom. The zero-order chi connectivity index (χ0) is 14.1. The van der Waals surface area contributed by atoms with Crippen LogP contribution in [0.25, 0.3) is 0 Å². The zero-order valence-electron chi connectivity index (χ0n) is 10.9. The Hall–Kier alpha value is -1.40.